The summed E-state index contributed by atoms with van der Waals surface area (Å²) < 4.78 is 0. The number of aromatic carboxylic acids is 1. The lowest BCUT2D eigenvalue weighted by Gasteiger charge is -2.09. The predicted molar refractivity (Wildman–Crippen MR) is 81.0 cm³/mol. The van der Waals surface area contributed by atoms with Gasteiger partial charge in [0, 0.05) is 6.54 Å². The zero-order chi connectivity index (χ0) is 15.4. The third-order valence-corrected chi connectivity index (χ3v) is 3.45. The normalized spacial score (nSPS) is 10.2. The Morgan fingerprint density at radius 2 is 1.67 bits per heavy atom. The number of carbonyl (C=O) groups is 2. The van der Waals surface area contributed by atoms with E-state index >= 15 is 0 Å². The van der Waals surface area contributed by atoms with Gasteiger partial charge < -0.3 is 10.4 Å². The van der Waals surface area contributed by atoms with Crippen molar-refractivity contribution in [2.45, 2.75) is 6.54 Å². The minimum Gasteiger partial charge on any atom is -0.478 e. The fourth-order valence-electron chi connectivity index (χ4n) is 1.80. The van der Waals surface area contributed by atoms with Crippen LogP contribution in [0.5, 0.6) is 0 Å². The second-order valence-electron chi connectivity index (χ2n) is 4.28. The topological polar surface area (TPSA) is 66.4 Å². The first-order valence-electron chi connectivity index (χ1n) is 6.03. The summed E-state index contributed by atoms with van der Waals surface area (Å²) in [6, 6.07) is 11.1. The van der Waals surface area contributed by atoms with Gasteiger partial charge in [0.15, 0.2) is 0 Å². The summed E-state index contributed by atoms with van der Waals surface area (Å²) in [6.07, 6.45) is 0. The first kappa shape index (κ1) is 15.4. The smallest absolute Gasteiger partial charge is 0.335 e. The van der Waals surface area contributed by atoms with Crippen LogP contribution in [0.2, 0.25) is 10.0 Å². The number of nitrogens with one attached hydrogen (secondary N) is 1. The van der Waals surface area contributed by atoms with Crippen molar-refractivity contribution in [3.63, 3.8) is 0 Å². The molecule has 6 heteroatoms. The molecule has 0 radical (unpaired) electrons. The molecule has 0 saturated carbocycles. The quantitative estimate of drug-likeness (QED) is 0.903. The van der Waals surface area contributed by atoms with Gasteiger partial charge in [-0.3, -0.25) is 4.79 Å². The van der Waals surface area contributed by atoms with Crippen LogP contribution in [0.3, 0.4) is 0 Å². The fraction of sp³-hybridized carbons (Fsp3) is 0.0667. The maximum Gasteiger partial charge on any atom is 0.335 e. The second kappa shape index (κ2) is 6.61. The molecule has 0 fully saturated rings. The van der Waals surface area contributed by atoms with Crippen LogP contribution in [0.25, 0.3) is 0 Å². The molecule has 0 aromatic heterocycles. The summed E-state index contributed by atoms with van der Waals surface area (Å²) in [6.45, 7) is 0.182. The highest BCUT2D eigenvalue weighted by atomic mass is 35.5. The third kappa shape index (κ3) is 3.74. The number of carbonyl (C=O) groups excluding carboxylic acids is 1. The standard InChI is InChI=1S/C15H11Cl2NO3/c16-11-5-2-6-12(17)13(11)14(19)18-8-9-3-1-4-10(7-9)15(20)21/h1-7H,8H2,(H,18,19)(H,20,21). The van der Waals surface area contributed by atoms with E-state index in [1.54, 1.807) is 30.3 Å². The molecule has 108 valence electrons. The van der Waals surface area contributed by atoms with Crippen LogP contribution >= 0.6 is 23.2 Å². The molecule has 0 saturated heterocycles. The van der Waals surface area contributed by atoms with E-state index in [4.69, 9.17) is 28.3 Å². The number of halogens is 2. The Morgan fingerprint density at radius 1 is 1.05 bits per heavy atom. The maximum atomic E-state index is 12.1. The van der Waals surface area contributed by atoms with Crippen molar-refractivity contribution in [1.29, 1.82) is 0 Å². The average molecular weight is 324 g/mol. The maximum absolute atomic E-state index is 12.1. The van der Waals surface area contributed by atoms with Gasteiger partial charge in [-0.1, -0.05) is 41.4 Å². The zero-order valence-corrected chi connectivity index (χ0v) is 12.3. The van der Waals surface area contributed by atoms with E-state index in [9.17, 15) is 9.59 Å². The lowest BCUT2D eigenvalue weighted by atomic mass is 10.1. The number of hydrogen-bond acceptors (Lipinski definition) is 2. The molecule has 0 spiro atoms. The van der Waals surface area contributed by atoms with E-state index in [2.05, 4.69) is 5.32 Å². The van der Waals surface area contributed by atoms with Gasteiger partial charge in [0.1, 0.15) is 0 Å². The van der Waals surface area contributed by atoms with E-state index in [1.807, 2.05) is 0 Å². The van der Waals surface area contributed by atoms with Gasteiger partial charge in [0.2, 0.25) is 0 Å². The van der Waals surface area contributed by atoms with Crippen LogP contribution in [0.4, 0.5) is 0 Å². The Bertz CT molecular complexity index is 681. The third-order valence-electron chi connectivity index (χ3n) is 2.82. The van der Waals surface area contributed by atoms with Crippen LogP contribution in [-0.4, -0.2) is 17.0 Å². The summed E-state index contributed by atoms with van der Waals surface area (Å²) in [5.41, 5.74) is 1.04. The van der Waals surface area contributed by atoms with Gasteiger partial charge in [-0.2, -0.15) is 0 Å². The SMILES string of the molecule is O=C(O)c1cccc(CNC(=O)c2c(Cl)cccc2Cl)c1. The van der Waals surface area contributed by atoms with Gasteiger partial charge in [-0.15, -0.1) is 0 Å². The lowest BCUT2D eigenvalue weighted by Crippen LogP contribution is -2.23. The van der Waals surface area contributed by atoms with Crippen molar-refractivity contribution in [1.82, 2.24) is 5.32 Å². The molecule has 0 aliphatic rings. The van der Waals surface area contributed by atoms with Crippen LogP contribution in [0.1, 0.15) is 26.3 Å². The van der Waals surface area contributed by atoms with Gasteiger partial charge in [-0.05, 0) is 29.8 Å². The van der Waals surface area contributed by atoms with Crippen molar-refractivity contribution < 1.29 is 14.7 Å². The van der Waals surface area contributed by atoms with Gasteiger partial charge in [-0.25, -0.2) is 4.79 Å². The highest BCUT2D eigenvalue weighted by molar-refractivity contribution is 6.39. The van der Waals surface area contributed by atoms with E-state index < -0.39 is 11.9 Å². The number of hydrogen-bond donors (Lipinski definition) is 2. The van der Waals surface area contributed by atoms with Crippen LogP contribution in [-0.2, 0) is 6.54 Å². The molecule has 0 atom stereocenters. The number of benzene rings is 2. The first-order chi connectivity index (χ1) is 9.99. The molecule has 21 heavy (non-hydrogen) atoms. The highest BCUT2D eigenvalue weighted by Crippen LogP contribution is 2.24. The molecule has 1 amide bonds. The summed E-state index contributed by atoms with van der Waals surface area (Å²) in [4.78, 5) is 23.0. The fourth-order valence-corrected chi connectivity index (χ4v) is 2.37. The molecule has 2 rings (SSSR count). The van der Waals surface area contributed by atoms with Gasteiger partial charge in [0.25, 0.3) is 5.91 Å². The molecule has 2 N–H and O–H groups in total. The first-order valence-corrected chi connectivity index (χ1v) is 6.79. The molecular weight excluding hydrogens is 313 g/mol. The summed E-state index contributed by atoms with van der Waals surface area (Å²) in [5.74, 6) is -1.43. The zero-order valence-electron chi connectivity index (χ0n) is 10.8. The van der Waals surface area contributed by atoms with Gasteiger partial charge in [0.05, 0.1) is 21.2 Å². The monoisotopic (exact) mass is 323 g/mol. The van der Waals surface area contributed by atoms with Crippen molar-refractivity contribution in [2.24, 2.45) is 0 Å². The molecule has 2 aromatic carbocycles. The average Bonchev–Trinajstić information content (AvgIpc) is 2.45. The van der Waals surface area contributed by atoms with Crippen LogP contribution in [0.15, 0.2) is 42.5 Å². The molecule has 2 aromatic rings. The van der Waals surface area contributed by atoms with Crippen LogP contribution in [0, 0.1) is 0 Å². The van der Waals surface area contributed by atoms with E-state index in [-0.39, 0.29) is 27.7 Å². The van der Waals surface area contributed by atoms with E-state index in [0.29, 0.717) is 5.56 Å². The number of amides is 1. The van der Waals surface area contributed by atoms with E-state index in [1.165, 1.54) is 12.1 Å². The van der Waals surface area contributed by atoms with E-state index in [0.717, 1.165) is 0 Å². The Morgan fingerprint density at radius 3 is 2.29 bits per heavy atom. The predicted octanol–water partition coefficient (Wildman–Crippen LogP) is 3.62. The number of carboxylic acid groups (broad SMARTS) is 1. The Kier molecular flexibility index (Phi) is 4.83. The molecule has 0 aliphatic heterocycles. The molecule has 0 bridgehead atoms. The van der Waals surface area contributed by atoms with Crippen molar-refractivity contribution in [3.8, 4) is 0 Å². The van der Waals surface area contributed by atoms with Crippen LogP contribution < -0.4 is 5.32 Å². The van der Waals surface area contributed by atoms with Crippen molar-refractivity contribution >= 4 is 35.1 Å². The number of rotatable bonds is 4. The molecule has 0 unspecified atom stereocenters. The molecular formula is C15H11Cl2NO3. The minimum atomic E-state index is -1.02. The second-order valence-corrected chi connectivity index (χ2v) is 5.10. The number of carboxylic acids is 1. The largest absolute Gasteiger partial charge is 0.478 e. The lowest BCUT2D eigenvalue weighted by molar-refractivity contribution is 0.0696. The van der Waals surface area contributed by atoms with Gasteiger partial charge >= 0.3 is 5.97 Å². The Balaban J connectivity index is 2.11. The Hall–Kier alpha value is -2.04. The highest BCUT2D eigenvalue weighted by Gasteiger charge is 2.14. The van der Waals surface area contributed by atoms with Crippen molar-refractivity contribution in [3.05, 3.63) is 69.2 Å². The molecule has 4 nitrogen and oxygen atoms in total. The molecule has 0 heterocycles. The van der Waals surface area contributed by atoms with Crippen molar-refractivity contribution in [2.75, 3.05) is 0 Å². The molecule has 0 aliphatic carbocycles. The summed E-state index contributed by atoms with van der Waals surface area (Å²) >= 11 is 11.9. The summed E-state index contributed by atoms with van der Waals surface area (Å²) in [7, 11) is 0. The Labute approximate surface area is 131 Å². The summed E-state index contributed by atoms with van der Waals surface area (Å²) in [5, 5.41) is 12.1. The minimum absolute atomic E-state index is 0.164.